The molecule has 0 aliphatic carbocycles. The predicted octanol–water partition coefficient (Wildman–Crippen LogP) is 3.65. The van der Waals surface area contributed by atoms with Gasteiger partial charge in [0.15, 0.2) is 11.5 Å². The molecule has 0 spiro atoms. The van der Waals surface area contributed by atoms with Crippen molar-refractivity contribution in [3.05, 3.63) is 54.1 Å². The lowest BCUT2D eigenvalue weighted by Gasteiger charge is -2.12. The summed E-state index contributed by atoms with van der Waals surface area (Å²) in [6, 6.07) is 15.6. The highest BCUT2D eigenvalue weighted by Crippen LogP contribution is 2.31. The van der Waals surface area contributed by atoms with Gasteiger partial charge in [-0.15, -0.1) is 10.2 Å². The van der Waals surface area contributed by atoms with Gasteiger partial charge in [0, 0.05) is 30.1 Å². The van der Waals surface area contributed by atoms with Crippen molar-refractivity contribution in [1.82, 2.24) is 20.1 Å². The van der Waals surface area contributed by atoms with Crippen molar-refractivity contribution in [3.8, 4) is 23.1 Å². The Bertz CT molecular complexity index is 1220. The van der Waals surface area contributed by atoms with Gasteiger partial charge in [0.05, 0.1) is 20.0 Å². The number of carbonyl (C=O) groups excluding carboxylic acids is 1. The minimum Gasteiger partial charge on any atom is -0.493 e. The van der Waals surface area contributed by atoms with Gasteiger partial charge in [0.2, 0.25) is 5.91 Å². The van der Waals surface area contributed by atoms with Crippen LogP contribution in [-0.2, 0) is 18.4 Å². The second-order valence-electron chi connectivity index (χ2n) is 6.74. The predicted molar refractivity (Wildman–Crippen MR) is 118 cm³/mol. The molecule has 0 fully saturated rings. The molecule has 0 aliphatic heterocycles. The topological polar surface area (TPSA) is 91.4 Å². The number of aromatic nitrogens is 3. The lowest BCUT2D eigenvalue weighted by molar-refractivity contribution is -0.118. The van der Waals surface area contributed by atoms with Crippen LogP contribution in [0.5, 0.6) is 11.5 Å². The van der Waals surface area contributed by atoms with Gasteiger partial charge in [-0.3, -0.25) is 4.79 Å². The largest absolute Gasteiger partial charge is 0.493 e. The van der Waals surface area contributed by atoms with Crippen LogP contribution in [0.1, 0.15) is 5.56 Å². The Morgan fingerprint density at radius 2 is 1.97 bits per heavy atom. The number of ether oxygens (including phenoxy) is 2. The highest BCUT2D eigenvalue weighted by molar-refractivity contribution is 7.99. The van der Waals surface area contributed by atoms with Gasteiger partial charge in [-0.05, 0) is 18.2 Å². The Kier molecular flexibility index (Phi) is 6.13. The van der Waals surface area contributed by atoms with Crippen LogP contribution < -0.4 is 14.8 Å². The molecule has 31 heavy (non-hydrogen) atoms. The van der Waals surface area contributed by atoms with E-state index >= 15 is 0 Å². The smallest absolute Gasteiger partial charge is 0.277 e. The first kappa shape index (κ1) is 20.8. The molecule has 4 aromatic rings. The fraction of sp³-hybridized carbons (Fsp3) is 0.227. The zero-order valence-electron chi connectivity index (χ0n) is 17.4. The van der Waals surface area contributed by atoms with Crippen LogP contribution in [0.15, 0.2) is 58.2 Å². The Hall–Kier alpha value is -3.46. The van der Waals surface area contributed by atoms with E-state index in [0.29, 0.717) is 29.2 Å². The minimum atomic E-state index is -0.153. The molecule has 8 nitrogen and oxygen atoms in total. The number of hydrogen-bond acceptors (Lipinski definition) is 7. The summed E-state index contributed by atoms with van der Waals surface area (Å²) in [6.07, 6.45) is 0. The number of aryl methyl sites for hydroxylation is 1. The maximum atomic E-state index is 12.3. The first-order chi connectivity index (χ1) is 15.1. The van der Waals surface area contributed by atoms with E-state index < -0.39 is 0 Å². The molecule has 2 aromatic heterocycles. The van der Waals surface area contributed by atoms with Crippen LogP contribution in [0, 0.1) is 0 Å². The van der Waals surface area contributed by atoms with Gasteiger partial charge >= 0.3 is 0 Å². The van der Waals surface area contributed by atoms with E-state index in [1.54, 1.807) is 14.2 Å². The Balaban J connectivity index is 1.37. The molecule has 0 atom stereocenters. The summed E-state index contributed by atoms with van der Waals surface area (Å²) in [4.78, 5) is 12.3. The third-order valence-electron chi connectivity index (χ3n) is 4.86. The molecule has 1 N–H and O–H groups in total. The molecular weight excluding hydrogens is 416 g/mol. The van der Waals surface area contributed by atoms with E-state index in [-0.39, 0.29) is 11.7 Å². The second-order valence-corrected chi connectivity index (χ2v) is 7.67. The van der Waals surface area contributed by atoms with Crippen molar-refractivity contribution >= 4 is 28.6 Å². The monoisotopic (exact) mass is 438 g/mol. The average molecular weight is 439 g/mol. The van der Waals surface area contributed by atoms with Gasteiger partial charge in [-0.2, -0.15) is 0 Å². The van der Waals surface area contributed by atoms with Gasteiger partial charge in [-0.1, -0.05) is 42.1 Å². The number of para-hydroxylation sites is 2. The summed E-state index contributed by atoms with van der Waals surface area (Å²) in [5, 5.41) is 12.5. The molecule has 0 unspecified atom stereocenters. The molecule has 0 saturated carbocycles. The van der Waals surface area contributed by atoms with Crippen LogP contribution >= 0.6 is 11.8 Å². The highest BCUT2D eigenvalue weighted by Gasteiger charge is 2.16. The van der Waals surface area contributed by atoms with E-state index in [1.807, 2.05) is 60.1 Å². The summed E-state index contributed by atoms with van der Waals surface area (Å²) < 4.78 is 18.4. The number of thioether (sulfide) groups is 1. The van der Waals surface area contributed by atoms with Crippen LogP contribution in [0.25, 0.3) is 22.5 Å². The third kappa shape index (κ3) is 4.36. The summed E-state index contributed by atoms with van der Waals surface area (Å²) in [6.45, 7) is 0.324. The summed E-state index contributed by atoms with van der Waals surface area (Å²) in [5.74, 6) is 1.65. The number of amides is 1. The van der Waals surface area contributed by atoms with E-state index in [9.17, 15) is 4.79 Å². The van der Waals surface area contributed by atoms with Crippen LogP contribution in [0.2, 0.25) is 0 Å². The van der Waals surface area contributed by atoms with Crippen molar-refractivity contribution in [1.29, 1.82) is 0 Å². The van der Waals surface area contributed by atoms with Gasteiger partial charge in [0.1, 0.15) is 5.69 Å². The SMILES string of the molecule is COc1cccc(CNC(=O)CSc2nnc(-c3cc4ccccc4n3C)o2)c1OC. The number of nitrogens with one attached hydrogen (secondary N) is 1. The Morgan fingerprint density at radius 3 is 2.74 bits per heavy atom. The number of hydrogen-bond donors (Lipinski definition) is 1. The number of fused-ring (bicyclic) bond motifs is 1. The van der Waals surface area contributed by atoms with E-state index in [2.05, 4.69) is 15.5 Å². The summed E-state index contributed by atoms with van der Waals surface area (Å²) in [7, 11) is 5.10. The molecular formula is C22H22N4O4S. The van der Waals surface area contributed by atoms with Crippen molar-refractivity contribution in [2.45, 2.75) is 11.8 Å². The van der Waals surface area contributed by atoms with Gasteiger partial charge in [0.25, 0.3) is 11.1 Å². The molecule has 2 heterocycles. The van der Waals surface area contributed by atoms with E-state index in [1.165, 1.54) is 11.8 Å². The molecule has 0 aliphatic rings. The van der Waals surface area contributed by atoms with E-state index in [0.717, 1.165) is 22.2 Å². The molecule has 2 aromatic carbocycles. The molecule has 1 amide bonds. The number of nitrogens with zero attached hydrogens (tertiary/aromatic N) is 3. The number of carbonyl (C=O) groups is 1. The van der Waals surface area contributed by atoms with Crippen molar-refractivity contribution in [2.75, 3.05) is 20.0 Å². The van der Waals surface area contributed by atoms with Crippen LogP contribution in [0.4, 0.5) is 0 Å². The van der Waals surface area contributed by atoms with Gasteiger partial charge < -0.3 is 23.8 Å². The van der Waals surface area contributed by atoms with Gasteiger partial charge in [-0.25, -0.2) is 0 Å². The standard InChI is InChI=1S/C22H22N4O4S/c1-26-16-9-5-4-7-14(16)11-17(26)21-24-25-22(30-21)31-13-19(27)23-12-15-8-6-10-18(28-2)20(15)29-3/h4-11H,12-13H2,1-3H3,(H,23,27). The number of methoxy groups -OCH3 is 2. The van der Waals surface area contributed by atoms with Crippen molar-refractivity contribution in [2.24, 2.45) is 7.05 Å². The van der Waals surface area contributed by atoms with Crippen LogP contribution in [0.3, 0.4) is 0 Å². The molecule has 0 radical (unpaired) electrons. The molecule has 160 valence electrons. The number of rotatable bonds is 8. The fourth-order valence-electron chi connectivity index (χ4n) is 3.33. The Morgan fingerprint density at radius 1 is 1.13 bits per heavy atom. The molecule has 9 heteroatoms. The Labute approximate surface area is 183 Å². The number of benzene rings is 2. The molecule has 0 saturated heterocycles. The zero-order valence-corrected chi connectivity index (χ0v) is 18.2. The normalized spacial score (nSPS) is 10.9. The second kappa shape index (κ2) is 9.13. The first-order valence-corrected chi connectivity index (χ1v) is 10.6. The van der Waals surface area contributed by atoms with E-state index in [4.69, 9.17) is 13.9 Å². The zero-order chi connectivity index (χ0) is 21.8. The summed E-state index contributed by atoms with van der Waals surface area (Å²) in [5.41, 5.74) is 2.74. The third-order valence-corrected chi connectivity index (χ3v) is 5.68. The fourth-order valence-corrected chi connectivity index (χ4v) is 3.92. The summed E-state index contributed by atoms with van der Waals surface area (Å²) >= 11 is 1.19. The van der Waals surface area contributed by atoms with Crippen LogP contribution in [-0.4, -0.2) is 40.6 Å². The molecule has 4 rings (SSSR count). The maximum Gasteiger partial charge on any atom is 0.277 e. The maximum absolute atomic E-state index is 12.3. The first-order valence-electron chi connectivity index (χ1n) is 9.58. The quantitative estimate of drug-likeness (QED) is 0.420. The van der Waals surface area contributed by atoms with Crippen molar-refractivity contribution < 1.29 is 18.7 Å². The lowest BCUT2D eigenvalue weighted by Crippen LogP contribution is -2.24. The average Bonchev–Trinajstić information content (AvgIpc) is 3.40. The minimum absolute atomic E-state index is 0.153. The van der Waals surface area contributed by atoms with Crippen molar-refractivity contribution in [3.63, 3.8) is 0 Å². The lowest BCUT2D eigenvalue weighted by atomic mass is 10.2. The molecule has 0 bridgehead atoms. The highest BCUT2D eigenvalue weighted by atomic mass is 32.2.